The van der Waals surface area contributed by atoms with Crippen molar-refractivity contribution in [1.82, 2.24) is 10.2 Å². The van der Waals surface area contributed by atoms with Gasteiger partial charge < -0.3 is 15.4 Å². The first-order chi connectivity index (χ1) is 12.9. The maximum Gasteiger partial charge on any atom is 0.410 e. The van der Waals surface area contributed by atoms with Crippen molar-refractivity contribution < 1.29 is 19.2 Å². The number of nitrogens with one attached hydrogen (secondary N) is 1. The molecule has 1 aliphatic rings. The normalized spacial score (nSPS) is 16.5. The molecule has 1 aromatic rings. The number of ether oxygens (including phenoxy) is 1. The Kier molecular flexibility index (Phi) is 6.28. The fourth-order valence-corrected chi connectivity index (χ4v) is 3.14. The molecular formula is C19H28N4O5. The highest BCUT2D eigenvalue weighted by Gasteiger charge is 2.41. The number of nitrogens with zero attached hydrogens (tertiary/aromatic N) is 2. The lowest BCUT2D eigenvalue weighted by Crippen LogP contribution is -2.61. The number of aryl methyl sites for hydroxylation is 1. The highest BCUT2D eigenvalue weighted by molar-refractivity contribution is 5.85. The van der Waals surface area contributed by atoms with Gasteiger partial charge in [-0.15, -0.1) is 0 Å². The summed E-state index contributed by atoms with van der Waals surface area (Å²) in [7, 11) is 0. The van der Waals surface area contributed by atoms with E-state index in [4.69, 9.17) is 10.5 Å². The number of piperidine rings is 1. The maximum absolute atomic E-state index is 12.2. The Labute approximate surface area is 164 Å². The molecule has 0 aromatic heterocycles. The molecule has 1 saturated heterocycles. The molecule has 2 amide bonds. The number of benzene rings is 1. The fourth-order valence-electron chi connectivity index (χ4n) is 3.14. The topological polar surface area (TPSA) is 128 Å². The van der Waals surface area contributed by atoms with E-state index < -0.39 is 28.1 Å². The van der Waals surface area contributed by atoms with E-state index in [1.165, 1.54) is 6.07 Å². The van der Waals surface area contributed by atoms with Crippen LogP contribution in [0.2, 0.25) is 0 Å². The van der Waals surface area contributed by atoms with Crippen molar-refractivity contribution in [3.8, 4) is 0 Å². The maximum atomic E-state index is 12.2. The van der Waals surface area contributed by atoms with E-state index >= 15 is 0 Å². The minimum absolute atomic E-state index is 0.0344. The first-order valence-electron chi connectivity index (χ1n) is 9.20. The third-order valence-electron chi connectivity index (χ3n) is 4.84. The number of hydrogen-bond donors (Lipinski definition) is 2. The quantitative estimate of drug-likeness (QED) is 0.584. The highest BCUT2D eigenvalue weighted by Crippen LogP contribution is 2.25. The number of primary amides is 1. The van der Waals surface area contributed by atoms with Gasteiger partial charge in [0.25, 0.3) is 5.69 Å². The summed E-state index contributed by atoms with van der Waals surface area (Å²) in [4.78, 5) is 36.6. The first-order valence-corrected chi connectivity index (χ1v) is 9.20. The van der Waals surface area contributed by atoms with Gasteiger partial charge in [-0.05, 0) is 46.1 Å². The number of nitrogens with two attached hydrogens (primary N) is 1. The molecule has 1 heterocycles. The summed E-state index contributed by atoms with van der Waals surface area (Å²) in [6.45, 7) is 7.99. The Morgan fingerprint density at radius 3 is 2.43 bits per heavy atom. The van der Waals surface area contributed by atoms with Gasteiger partial charge in [0.15, 0.2) is 0 Å². The van der Waals surface area contributed by atoms with Crippen LogP contribution in [0.25, 0.3) is 0 Å². The smallest absolute Gasteiger partial charge is 0.410 e. The second-order valence-electron chi connectivity index (χ2n) is 8.15. The largest absolute Gasteiger partial charge is 0.444 e. The lowest BCUT2D eigenvalue weighted by atomic mass is 9.86. The van der Waals surface area contributed by atoms with Crippen molar-refractivity contribution in [3.63, 3.8) is 0 Å². The van der Waals surface area contributed by atoms with Crippen LogP contribution in [0.5, 0.6) is 0 Å². The minimum atomic E-state index is -0.974. The molecule has 0 unspecified atom stereocenters. The Bertz CT molecular complexity index is 764. The summed E-state index contributed by atoms with van der Waals surface area (Å²) in [5, 5.41) is 14.3. The number of nitro groups is 1. The molecule has 0 atom stereocenters. The van der Waals surface area contributed by atoms with Crippen LogP contribution in [-0.2, 0) is 16.1 Å². The molecule has 1 aromatic carbocycles. The number of likely N-dealkylation sites (tertiary alicyclic amines) is 1. The molecule has 0 spiro atoms. The Balaban J connectivity index is 2.05. The molecule has 154 valence electrons. The van der Waals surface area contributed by atoms with Crippen LogP contribution in [-0.4, -0.2) is 46.1 Å². The van der Waals surface area contributed by atoms with Crippen LogP contribution in [0.15, 0.2) is 18.2 Å². The SMILES string of the molecule is Cc1ccc(CNC2(C(N)=O)CCN(C(=O)OC(C)(C)C)CC2)cc1[N+](=O)[O-]. The molecule has 0 bridgehead atoms. The van der Waals surface area contributed by atoms with Crippen LogP contribution in [0, 0.1) is 17.0 Å². The molecule has 2 rings (SSSR count). The van der Waals surface area contributed by atoms with E-state index in [-0.39, 0.29) is 12.2 Å². The van der Waals surface area contributed by atoms with Crippen molar-refractivity contribution in [2.75, 3.05) is 13.1 Å². The van der Waals surface area contributed by atoms with Crippen LogP contribution < -0.4 is 11.1 Å². The second kappa shape index (κ2) is 8.14. The minimum Gasteiger partial charge on any atom is -0.444 e. The number of rotatable bonds is 5. The number of hydrogen-bond acceptors (Lipinski definition) is 6. The zero-order chi connectivity index (χ0) is 21.1. The fraction of sp³-hybridized carbons (Fsp3) is 0.579. The van der Waals surface area contributed by atoms with Gasteiger partial charge in [0, 0.05) is 31.3 Å². The third kappa shape index (κ3) is 5.19. The van der Waals surface area contributed by atoms with Gasteiger partial charge in [-0.1, -0.05) is 12.1 Å². The molecular weight excluding hydrogens is 364 g/mol. The van der Waals surface area contributed by atoms with Crippen molar-refractivity contribution in [2.45, 2.75) is 58.2 Å². The number of carbonyl (C=O) groups is 2. The van der Waals surface area contributed by atoms with Gasteiger partial charge in [0.05, 0.1) is 4.92 Å². The summed E-state index contributed by atoms with van der Waals surface area (Å²) < 4.78 is 5.37. The molecule has 0 aliphatic carbocycles. The van der Waals surface area contributed by atoms with E-state index in [9.17, 15) is 19.7 Å². The summed E-state index contributed by atoms with van der Waals surface area (Å²) in [6.07, 6.45) is 0.269. The van der Waals surface area contributed by atoms with Crippen LogP contribution in [0.4, 0.5) is 10.5 Å². The van der Waals surface area contributed by atoms with E-state index in [0.717, 1.165) is 0 Å². The third-order valence-corrected chi connectivity index (χ3v) is 4.84. The first kappa shape index (κ1) is 21.6. The summed E-state index contributed by atoms with van der Waals surface area (Å²) >= 11 is 0. The van der Waals surface area contributed by atoms with Gasteiger partial charge in [0.2, 0.25) is 5.91 Å². The number of carbonyl (C=O) groups excluding carboxylic acids is 2. The summed E-state index contributed by atoms with van der Waals surface area (Å²) in [6, 6.07) is 4.95. The standard InChI is InChI=1S/C19H28N4O5/c1-13-5-6-14(11-15(13)23(26)27)12-21-19(16(20)24)7-9-22(10-8-19)17(25)28-18(2,3)4/h5-6,11,21H,7-10,12H2,1-4H3,(H2,20,24). The number of nitro benzene ring substituents is 1. The molecule has 1 aliphatic heterocycles. The van der Waals surface area contributed by atoms with E-state index in [0.29, 0.717) is 37.1 Å². The second-order valence-corrected chi connectivity index (χ2v) is 8.15. The van der Waals surface area contributed by atoms with Crippen LogP contribution in [0.1, 0.15) is 44.7 Å². The number of amides is 2. The predicted molar refractivity (Wildman–Crippen MR) is 104 cm³/mol. The highest BCUT2D eigenvalue weighted by atomic mass is 16.6. The average Bonchev–Trinajstić information content (AvgIpc) is 2.59. The zero-order valence-electron chi connectivity index (χ0n) is 16.8. The molecule has 0 saturated carbocycles. The van der Waals surface area contributed by atoms with Gasteiger partial charge >= 0.3 is 6.09 Å². The zero-order valence-corrected chi connectivity index (χ0v) is 16.8. The lowest BCUT2D eigenvalue weighted by Gasteiger charge is -2.40. The summed E-state index contributed by atoms with van der Waals surface area (Å²) in [5.74, 6) is -0.502. The van der Waals surface area contributed by atoms with E-state index in [2.05, 4.69) is 5.32 Å². The van der Waals surface area contributed by atoms with Gasteiger partial charge in [-0.2, -0.15) is 0 Å². The molecule has 9 nitrogen and oxygen atoms in total. The molecule has 1 fully saturated rings. The Morgan fingerprint density at radius 1 is 1.32 bits per heavy atom. The van der Waals surface area contributed by atoms with Crippen LogP contribution in [0.3, 0.4) is 0 Å². The van der Waals surface area contributed by atoms with Crippen molar-refractivity contribution >= 4 is 17.7 Å². The lowest BCUT2D eigenvalue weighted by molar-refractivity contribution is -0.385. The molecule has 28 heavy (non-hydrogen) atoms. The summed E-state index contributed by atoms with van der Waals surface area (Å²) in [5.41, 5.74) is 5.38. The molecule has 9 heteroatoms. The van der Waals surface area contributed by atoms with Crippen molar-refractivity contribution in [2.24, 2.45) is 5.73 Å². The van der Waals surface area contributed by atoms with Gasteiger partial charge in [-0.3, -0.25) is 20.2 Å². The predicted octanol–water partition coefficient (Wildman–Crippen LogP) is 2.25. The average molecular weight is 392 g/mol. The van der Waals surface area contributed by atoms with Crippen molar-refractivity contribution in [3.05, 3.63) is 39.4 Å². The van der Waals surface area contributed by atoms with Gasteiger partial charge in [-0.25, -0.2) is 4.79 Å². The van der Waals surface area contributed by atoms with Crippen LogP contribution >= 0.6 is 0 Å². The van der Waals surface area contributed by atoms with E-state index in [1.54, 1.807) is 44.7 Å². The Hall–Kier alpha value is -2.68. The molecule has 3 N–H and O–H groups in total. The molecule has 0 radical (unpaired) electrons. The van der Waals surface area contributed by atoms with Crippen molar-refractivity contribution in [1.29, 1.82) is 0 Å². The van der Waals surface area contributed by atoms with E-state index in [1.807, 2.05) is 0 Å². The monoisotopic (exact) mass is 392 g/mol. The Morgan fingerprint density at radius 2 is 1.93 bits per heavy atom. The van der Waals surface area contributed by atoms with Gasteiger partial charge in [0.1, 0.15) is 11.1 Å².